The molecule has 1 aromatic carbocycles. The Kier molecular flexibility index (Phi) is 6.47. The first kappa shape index (κ1) is 24.2. The number of benzene rings is 1. The van der Waals surface area contributed by atoms with E-state index in [4.69, 9.17) is 9.15 Å². The Morgan fingerprint density at radius 2 is 1.81 bits per heavy atom. The van der Waals surface area contributed by atoms with Gasteiger partial charge < -0.3 is 24.3 Å². The number of carbonyl (C=O) groups excluding carboxylic acids is 2. The molecular weight excluding hydrogens is 472 g/mol. The van der Waals surface area contributed by atoms with Gasteiger partial charge in [-0.25, -0.2) is 14.8 Å². The van der Waals surface area contributed by atoms with E-state index in [2.05, 4.69) is 25.2 Å². The van der Waals surface area contributed by atoms with E-state index in [1.54, 1.807) is 23.4 Å². The second-order valence-corrected chi connectivity index (χ2v) is 9.72. The van der Waals surface area contributed by atoms with Crippen LogP contribution in [0.15, 0.2) is 65.5 Å². The van der Waals surface area contributed by atoms with Crippen LogP contribution >= 0.6 is 0 Å². The zero-order chi connectivity index (χ0) is 26.0. The second-order valence-electron chi connectivity index (χ2n) is 9.72. The Bertz CT molecular complexity index is 1400. The summed E-state index contributed by atoms with van der Waals surface area (Å²) in [5.74, 6) is 0.427. The van der Waals surface area contributed by atoms with Crippen LogP contribution in [0.2, 0.25) is 0 Å². The fraction of sp³-hybridized carbons (Fsp3) is 0.296. The third-order valence-corrected chi connectivity index (χ3v) is 5.85. The van der Waals surface area contributed by atoms with Gasteiger partial charge in [-0.3, -0.25) is 9.78 Å². The van der Waals surface area contributed by atoms with Crippen LogP contribution in [0.25, 0.3) is 22.6 Å². The number of pyridine rings is 1. The summed E-state index contributed by atoms with van der Waals surface area (Å²) in [6.07, 6.45) is 4.49. The van der Waals surface area contributed by atoms with Crippen molar-refractivity contribution in [1.82, 2.24) is 19.9 Å². The molecule has 1 saturated heterocycles. The van der Waals surface area contributed by atoms with Crippen molar-refractivity contribution < 1.29 is 18.7 Å². The van der Waals surface area contributed by atoms with Crippen LogP contribution in [-0.4, -0.2) is 63.6 Å². The van der Waals surface area contributed by atoms with Gasteiger partial charge in [0.2, 0.25) is 0 Å². The van der Waals surface area contributed by atoms with E-state index < -0.39 is 5.60 Å². The van der Waals surface area contributed by atoms with E-state index in [0.29, 0.717) is 43.5 Å². The molecule has 10 heteroatoms. The molecule has 0 radical (unpaired) electrons. The van der Waals surface area contributed by atoms with Crippen molar-refractivity contribution in [3.8, 4) is 11.6 Å². The highest BCUT2D eigenvalue weighted by Crippen LogP contribution is 2.28. The number of anilines is 2. The van der Waals surface area contributed by atoms with Crippen LogP contribution in [-0.2, 0) is 4.74 Å². The molecular formula is C27H28N6O4. The smallest absolute Gasteiger partial charge is 0.410 e. The Hall–Kier alpha value is -4.47. The van der Waals surface area contributed by atoms with Gasteiger partial charge in [-0.05, 0) is 45.0 Å². The number of rotatable bonds is 4. The molecule has 1 aliphatic heterocycles. The highest BCUT2D eigenvalue weighted by molar-refractivity contribution is 6.04. The van der Waals surface area contributed by atoms with Gasteiger partial charge in [0.05, 0.1) is 17.6 Å². The third kappa shape index (κ3) is 5.53. The molecule has 4 aromatic rings. The van der Waals surface area contributed by atoms with Crippen molar-refractivity contribution in [2.45, 2.75) is 26.4 Å². The first-order valence-electron chi connectivity index (χ1n) is 12.1. The summed E-state index contributed by atoms with van der Waals surface area (Å²) in [4.78, 5) is 42.2. The fourth-order valence-corrected chi connectivity index (χ4v) is 4.10. The monoisotopic (exact) mass is 500 g/mol. The number of amides is 2. The van der Waals surface area contributed by atoms with Crippen LogP contribution in [0.4, 0.5) is 16.2 Å². The van der Waals surface area contributed by atoms with Gasteiger partial charge in [-0.15, -0.1) is 0 Å². The zero-order valence-corrected chi connectivity index (χ0v) is 21.0. The minimum Gasteiger partial charge on any atom is -0.453 e. The van der Waals surface area contributed by atoms with Crippen molar-refractivity contribution in [3.05, 3.63) is 66.7 Å². The predicted octanol–water partition coefficient (Wildman–Crippen LogP) is 4.59. The van der Waals surface area contributed by atoms with Crippen molar-refractivity contribution in [3.63, 3.8) is 0 Å². The van der Waals surface area contributed by atoms with Gasteiger partial charge >= 0.3 is 6.09 Å². The summed E-state index contributed by atoms with van der Waals surface area (Å²) in [6, 6.07) is 12.9. The van der Waals surface area contributed by atoms with Crippen LogP contribution in [0.1, 0.15) is 31.3 Å². The number of nitrogens with one attached hydrogen (secondary N) is 1. The van der Waals surface area contributed by atoms with Crippen LogP contribution in [0, 0.1) is 0 Å². The Labute approximate surface area is 214 Å². The fourth-order valence-electron chi connectivity index (χ4n) is 4.10. The van der Waals surface area contributed by atoms with Gasteiger partial charge in [0.1, 0.15) is 16.9 Å². The zero-order valence-electron chi connectivity index (χ0n) is 21.0. The summed E-state index contributed by atoms with van der Waals surface area (Å²) in [5.41, 5.74) is 1.76. The molecule has 1 fully saturated rings. The predicted molar refractivity (Wildman–Crippen MR) is 139 cm³/mol. The number of para-hydroxylation sites is 1. The molecule has 2 amide bonds. The molecule has 10 nitrogen and oxygen atoms in total. The lowest BCUT2D eigenvalue weighted by molar-refractivity contribution is 0.0240. The van der Waals surface area contributed by atoms with E-state index in [1.807, 2.05) is 57.2 Å². The third-order valence-electron chi connectivity index (χ3n) is 5.85. The van der Waals surface area contributed by atoms with Gasteiger partial charge in [0, 0.05) is 44.0 Å². The molecule has 1 aliphatic rings. The number of nitrogens with zero attached hydrogens (tertiary/aromatic N) is 5. The minimum absolute atomic E-state index is 0.204. The molecule has 3 aromatic heterocycles. The molecule has 0 spiro atoms. The SMILES string of the molecule is CC(C)(C)OC(=O)N1CCN(c2ccncc2NC(=O)c2ccnc(-c3cc4ccccc4o3)n2)CC1. The second kappa shape index (κ2) is 9.88. The average Bonchev–Trinajstić information content (AvgIpc) is 3.33. The van der Waals surface area contributed by atoms with E-state index in [9.17, 15) is 9.59 Å². The lowest BCUT2D eigenvalue weighted by atomic mass is 10.2. The summed E-state index contributed by atoms with van der Waals surface area (Å²) < 4.78 is 11.3. The number of fused-ring (bicyclic) bond motifs is 1. The van der Waals surface area contributed by atoms with Crippen LogP contribution in [0.5, 0.6) is 0 Å². The summed E-state index contributed by atoms with van der Waals surface area (Å²) >= 11 is 0. The van der Waals surface area contributed by atoms with Crippen LogP contribution in [0.3, 0.4) is 0 Å². The van der Waals surface area contributed by atoms with Crippen molar-refractivity contribution in [2.24, 2.45) is 0 Å². The van der Waals surface area contributed by atoms with Crippen molar-refractivity contribution >= 4 is 34.3 Å². The van der Waals surface area contributed by atoms with Crippen LogP contribution < -0.4 is 10.2 Å². The summed E-state index contributed by atoms with van der Waals surface area (Å²) in [7, 11) is 0. The number of carbonyl (C=O) groups is 2. The maximum atomic E-state index is 13.1. The number of hydrogen-bond acceptors (Lipinski definition) is 8. The van der Waals surface area contributed by atoms with Gasteiger partial charge in [0.15, 0.2) is 11.6 Å². The topological polar surface area (TPSA) is 114 Å². The summed E-state index contributed by atoms with van der Waals surface area (Å²) in [6.45, 7) is 7.76. The summed E-state index contributed by atoms with van der Waals surface area (Å²) in [5, 5.41) is 3.86. The standard InChI is InChI=1S/C27H28N6O4/c1-27(2,3)37-26(35)33-14-12-32(13-15-33)21-9-10-28-17-20(21)31-25(34)19-8-11-29-24(30-19)23-16-18-6-4-5-7-22(18)36-23/h4-11,16-17H,12-15H2,1-3H3,(H,31,34). The lowest BCUT2D eigenvalue weighted by Gasteiger charge is -2.37. The maximum Gasteiger partial charge on any atom is 0.410 e. The minimum atomic E-state index is -0.540. The lowest BCUT2D eigenvalue weighted by Crippen LogP contribution is -2.50. The van der Waals surface area contributed by atoms with E-state index >= 15 is 0 Å². The van der Waals surface area contributed by atoms with Gasteiger partial charge in [0.25, 0.3) is 5.91 Å². The molecule has 1 N–H and O–H groups in total. The van der Waals surface area contributed by atoms with Crippen molar-refractivity contribution in [1.29, 1.82) is 0 Å². The molecule has 0 unspecified atom stereocenters. The normalized spacial score (nSPS) is 14.0. The molecule has 190 valence electrons. The Morgan fingerprint density at radius 1 is 1.03 bits per heavy atom. The molecule has 0 aliphatic carbocycles. The first-order valence-corrected chi connectivity index (χ1v) is 12.1. The highest BCUT2D eigenvalue weighted by atomic mass is 16.6. The van der Waals surface area contributed by atoms with Gasteiger partial charge in [-0.1, -0.05) is 18.2 Å². The number of ether oxygens (including phenoxy) is 1. The first-order chi connectivity index (χ1) is 17.8. The van der Waals surface area contributed by atoms with Crippen molar-refractivity contribution in [2.75, 3.05) is 36.4 Å². The number of piperazine rings is 1. The number of furan rings is 1. The molecule has 4 heterocycles. The average molecular weight is 501 g/mol. The van der Waals surface area contributed by atoms with E-state index in [-0.39, 0.29) is 17.7 Å². The molecule has 5 rings (SSSR count). The molecule has 0 bridgehead atoms. The molecule has 0 saturated carbocycles. The quantitative estimate of drug-likeness (QED) is 0.433. The molecule has 0 atom stereocenters. The van der Waals surface area contributed by atoms with E-state index in [1.165, 1.54) is 6.20 Å². The largest absolute Gasteiger partial charge is 0.453 e. The molecule has 37 heavy (non-hydrogen) atoms. The van der Waals surface area contributed by atoms with Gasteiger partial charge in [-0.2, -0.15) is 0 Å². The Morgan fingerprint density at radius 3 is 2.57 bits per heavy atom. The number of aromatic nitrogens is 3. The number of hydrogen-bond donors (Lipinski definition) is 1. The van der Waals surface area contributed by atoms with E-state index in [0.717, 1.165) is 16.7 Å². The highest BCUT2D eigenvalue weighted by Gasteiger charge is 2.27. The Balaban J connectivity index is 1.29. The maximum absolute atomic E-state index is 13.1.